The molecular weight excluding hydrogens is 214 g/mol. The third-order valence-corrected chi connectivity index (χ3v) is 2.30. The SMILES string of the molecule is [N-]=[N+]=NCC=Cc1ccccc1-c1ccn[nH]1. The largest absolute Gasteiger partial charge is 0.278 e. The lowest BCUT2D eigenvalue weighted by molar-refractivity contribution is 1.09. The van der Waals surface area contributed by atoms with Crippen molar-refractivity contribution in [3.8, 4) is 11.3 Å². The van der Waals surface area contributed by atoms with Crippen molar-refractivity contribution in [3.05, 3.63) is 58.6 Å². The molecule has 0 radical (unpaired) electrons. The summed E-state index contributed by atoms with van der Waals surface area (Å²) < 4.78 is 0. The molecule has 1 heterocycles. The Morgan fingerprint density at radius 2 is 2.24 bits per heavy atom. The van der Waals surface area contributed by atoms with Crippen LogP contribution in [0.3, 0.4) is 0 Å². The summed E-state index contributed by atoms with van der Waals surface area (Å²) in [6, 6.07) is 9.87. The Kier molecular flexibility index (Phi) is 3.57. The fraction of sp³-hybridized carbons (Fsp3) is 0.0833. The first-order valence-corrected chi connectivity index (χ1v) is 5.18. The molecule has 5 heteroatoms. The Balaban J connectivity index is 2.28. The number of H-pyrrole nitrogens is 1. The molecule has 0 atom stereocenters. The normalized spacial score (nSPS) is 10.4. The number of azide groups is 1. The lowest BCUT2D eigenvalue weighted by Gasteiger charge is -2.02. The van der Waals surface area contributed by atoms with E-state index >= 15 is 0 Å². The summed E-state index contributed by atoms with van der Waals surface area (Å²) >= 11 is 0. The maximum Gasteiger partial charge on any atom is 0.0656 e. The molecule has 1 N–H and O–H groups in total. The van der Waals surface area contributed by atoms with E-state index in [-0.39, 0.29) is 0 Å². The highest BCUT2D eigenvalue weighted by molar-refractivity contribution is 5.72. The van der Waals surface area contributed by atoms with Gasteiger partial charge in [0.2, 0.25) is 0 Å². The Hall–Kier alpha value is -2.52. The third-order valence-electron chi connectivity index (χ3n) is 2.30. The second-order valence-electron chi connectivity index (χ2n) is 3.37. The van der Waals surface area contributed by atoms with Gasteiger partial charge in [-0.25, -0.2) is 0 Å². The highest BCUT2D eigenvalue weighted by Gasteiger charge is 2.02. The molecule has 0 bridgehead atoms. The summed E-state index contributed by atoms with van der Waals surface area (Å²) in [6.45, 7) is 0.355. The van der Waals surface area contributed by atoms with Crippen LogP contribution in [0.4, 0.5) is 0 Å². The zero-order chi connectivity index (χ0) is 11.9. The van der Waals surface area contributed by atoms with Gasteiger partial charge >= 0.3 is 0 Å². The Morgan fingerprint density at radius 3 is 3.00 bits per heavy atom. The van der Waals surface area contributed by atoms with E-state index in [1.165, 1.54) is 0 Å². The number of benzene rings is 1. The van der Waals surface area contributed by atoms with E-state index in [4.69, 9.17) is 5.53 Å². The van der Waals surface area contributed by atoms with E-state index in [0.29, 0.717) is 6.54 Å². The minimum Gasteiger partial charge on any atom is -0.278 e. The van der Waals surface area contributed by atoms with Gasteiger partial charge in [-0.2, -0.15) is 5.10 Å². The molecule has 0 aliphatic heterocycles. The number of aromatic amines is 1. The van der Waals surface area contributed by atoms with Gasteiger partial charge in [0.1, 0.15) is 0 Å². The van der Waals surface area contributed by atoms with Crippen LogP contribution in [0.1, 0.15) is 5.56 Å². The molecule has 84 valence electrons. The summed E-state index contributed by atoms with van der Waals surface area (Å²) in [4.78, 5) is 2.70. The Labute approximate surface area is 98.4 Å². The van der Waals surface area contributed by atoms with E-state index in [1.807, 2.05) is 42.5 Å². The van der Waals surface area contributed by atoms with Gasteiger partial charge in [0.05, 0.1) is 5.69 Å². The number of aromatic nitrogens is 2. The van der Waals surface area contributed by atoms with E-state index < -0.39 is 0 Å². The number of rotatable bonds is 4. The van der Waals surface area contributed by atoms with E-state index in [1.54, 1.807) is 6.20 Å². The second kappa shape index (κ2) is 5.53. The summed E-state index contributed by atoms with van der Waals surface area (Å²) in [7, 11) is 0. The highest BCUT2D eigenvalue weighted by Crippen LogP contribution is 2.22. The maximum atomic E-state index is 8.18. The molecule has 0 aliphatic rings. The fourth-order valence-corrected chi connectivity index (χ4v) is 1.56. The molecule has 0 unspecified atom stereocenters. The second-order valence-corrected chi connectivity index (χ2v) is 3.37. The lowest BCUT2D eigenvalue weighted by Crippen LogP contribution is -1.83. The van der Waals surface area contributed by atoms with Gasteiger partial charge in [-0.05, 0) is 17.2 Å². The Bertz CT molecular complexity index is 550. The quantitative estimate of drug-likeness (QED) is 0.483. The summed E-state index contributed by atoms with van der Waals surface area (Å²) in [5.74, 6) is 0. The van der Waals surface area contributed by atoms with Crippen molar-refractivity contribution in [2.24, 2.45) is 5.11 Å². The van der Waals surface area contributed by atoms with Crippen molar-refractivity contribution in [1.29, 1.82) is 0 Å². The molecule has 2 aromatic rings. The topological polar surface area (TPSA) is 77.4 Å². The zero-order valence-electron chi connectivity index (χ0n) is 9.11. The molecular formula is C12H11N5. The molecule has 0 fully saturated rings. The minimum absolute atomic E-state index is 0.355. The number of nitrogens with one attached hydrogen (secondary N) is 1. The predicted octanol–water partition coefficient (Wildman–Crippen LogP) is 3.40. The van der Waals surface area contributed by atoms with Crippen molar-refractivity contribution >= 4 is 6.08 Å². The van der Waals surface area contributed by atoms with Crippen LogP contribution in [0.5, 0.6) is 0 Å². The average Bonchev–Trinajstić information content (AvgIpc) is 2.89. The van der Waals surface area contributed by atoms with Crippen LogP contribution in [-0.4, -0.2) is 16.7 Å². The number of hydrogen-bond acceptors (Lipinski definition) is 2. The third kappa shape index (κ3) is 2.74. The van der Waals surface area contributed by atoms with Gasteiger partial charge in [0, 0.05) is 23.2 Å². The average molecular weight is 225 g/mol. The molecule has 1 aromatic carbocycles. The molecule has 5 nitrogen and oxygen atoms in total. The molecule has 0 spiro atoms. The zero-order valence-corrected chi connectivity index (χ0v) is 9.11. The van der Waals surface area contributed by atoms with Gasteiger partial charge in [-0.15, -0.1) is 0 Å². The minimum atomic E-state index is 0.355. The maximum absolute atomic E-state index is 8.18. The van der Waals surface area contributed by atoms with Crippen LogP contribution in [0.2, 0.25) is 0 Å². The summed E-state index contributed by atoms with van der Waals surface area (Å²) in [5.41, 5.74) is 11.3. The first-order valence-electron chi connectivity index (χ1n) is 5.18. The van der Waals surface area contributed by atoms with Crippen LogP contribution in [0, 0.1) is 0 Å². The van der Waals surface area contributed by atoms with E-state index in [9.17, 15) is 0 Å². The smallest absolute Gasteiger partial charge is 0.0656 e. The van der Waals surface area contributed by atoms with E-state index in [0.717, 1.165) is 16.8 Å². The first-order chi connectivity index (χ1) is 8.42. The summed E-state index contributed by atoms with van der Waals surface area (Å²) in [5, 5.41) is 10.3. The van der Waals surface area contributed by atoms with Gasteiger partial charge < -0.3 is 0 Å². The van der Waals surface area contributed by atoms with Crippen LogP contribution in [-0.2, 0) is 0 Å². The number of nitrogens with zero attached hydrogens (tertiary/aromatic N) is 4. The van der Waals surface area contributed by atoms with Gasteiger partial charge in [0.25, 0.3) is 0 Å². The molecule has 0 saturated carbocycles. The Morgan fingerprint density at radius 1 is 1.35 bits per heavy atom. The van der Waals surface area contributed by atoms with Crippen molar-refractivity contribution in [2.75, 3.05) is 6.54 Å². The standard InChI is InChI=1S/C12H11N5/c13-17-15-8-3-5-10-4-1-2-6-11(10)12-7-9-14-16-12/h1-7,9H,8H2,(H,14,16). The van der Waals surface area contributed by atoms with Crippen molar-refractivity contribution in [1.82, 2.24) is 10.2 Å². The molecule has 0 amide bonds. The van der Waals surface area contributed by atoms with Crippen molar-refractivity contribution in [3.63, 3.8) is 0 Å². The highest BCUT2D eigenvalue weighted by atomic mass is 15.1. The molecule has 0 saturated heterocycles. The van der Waals surface area contributed by atoms with Crippen LogP contribution >= 0.6 is 0 Å². The van der Waals surface area contributed by atoms with Crippen LogP contribution in [0.25, 0.3) is 27.8 Å². The van der Waals surface area contributed by atoms with Gasteiger partial charge in [-0.1, -0.05) is 41.5 Å². The van der Waals surface area contributed by atoms with Gasteiger partial charge in [-0.3, -0.25) is 5.10 Å². The van der Waals surface area contributed by atoms with Crippen molar-refractivity contribution in [2.45, 2.75) is 0 Å². The van der Waals surface area contributed by atoms with Crippen LogP contribution in [0.15, 0.2) is 47.7 Å². The lowest BCUT2D eigenvalue weighted by atomic mass is 10.0. The van der Waals surface area contributed by atoms with Crippen LogP contribution < -0.4 is 0 Å². The predicted molar refractivity (Wildman–Crippen MR) is 67.1 cm³/mol. The molecule has 2 rings (SSSR count). The van der Waals surface area contributed by atoms with E-state index in [2.05, 4.69) is 20.2 Å². The monoisotopic (exact) mass is 225 g/mol. The molecule has 17 heavy (non-hydrogen) atoms. The van der Waals surface area contributed by atoms with Crippen molar-refractivity contribution < 1.29 is 0 Å². The van der Waals surface area contributed by atoms with Gasteiger partial charge in [0.15, 0.2) is 0 Å². The molecule has 1 aromatic heterocycles. The number of hydrogen-bond donors (Lipinski definition) is 1. The molecule has 0 aliphatic carbocycles. The fourth-order valence-electron chi connectivity index (χ4n) is 1.56. The summed E-state index contributed by atoms with van der Waals surface area (Å²) in [6.07, 6.45) is 5.48. The first kappa shape index (κ1) is 11.0.